The molecule has 0 radical (unpaired) electrons. The second-order valence-electron chi connectivity index (χ2n) is 4.85. The maximum Gasteiger partial charge on any atom is 0.407 e. The molecule has 2 N–H and O–H groups in total. The summed E-state index contributed by atoms with van der Waals surface area (Å²) in [5.74, 6) is -5.61. The van der Waals surface area contributed by atoms with Gasteiger partial charge in [-0.3, -0.25) is 4.79 Å². The highest BCUT2D eigenvalue weighted by Crippen LogP contribution is 2.26. The number of carboxylic acid groups (broad SMARTS) is 1. The van der Waals surface area contributed by atoms with Gasteiger partial charge in [-0.2, -0.15) is 0 Å². The summed E-state index contributed by atoms with van der Waals surface area (Å²) >= 11 is 0. The zero-order chi connectivity index (χ0) is 15.7. The molecule has 1 aliphatic heterocycles. The molecule has 0 aliphatic carbocycles. The maximum absolute atomic E-state index is 13.1. The lowest BCUT2D eigenvalue weighted by Gasteiger charge is -2.21. The van der Waals surface area contributed by atoms with Crippen molar-refractivity contribution in [2.75, 3.05) is 11.9 Å². The second-order valence-corrected chi connectivity index (χ2v) is 4.85. The molecule has 5 nitrogen and oxygen atoms in total. The smallest absolute Gasteiger partial charge is 0.407 e. The van der Waals surface area contributed by atoms with Gasteiger partial charge in [-0.05, 0) is 13.3 Å². The molecule has 2 rings (SSSR count). The van der Waals surface area contributed by atoms with E-state index in [9.17, 15) is 22.8 Å². The molecular formula is C13H13F3N2O3. The van der Waals surface area contributed by atoms with Crippen molar-refractivity contribution in [1.82, 2.24) is 4.90 Å². The number of halogens is 3. The van der Waals surface area contributed by atoms with Crippen LogP contribution in [0.1, 0.15) is 13.3 Å². The molecule has 1 fully saturated rings. The van der Waals surface area contributed by atoms with Crippen molar-refractivity contribution in [2.24, 2.45) is 5.92 Å². The maximum atomic E-state index is 13.1. The monoisotopic (exact) mass is 302 g/mol. The Morgan fingerprint density at radius 2 is 1.86 bits per heavy atom. The van der Waals surface area contributed by atoms with Gasteiger partial charge in [0.1, 0.15) is 0 Å². The van der Waals surface area contributed by atoms with Crippen LogP contribution in [0.2, 0.25) is 0 Å². The van der Waals surface area contributed by atoms with E-state index >= 15 is 0 Å². The van der Waals surface area contributed by atoms with Crippen molar-refractivity contribution in [3.05, 3.63) is 29.6 Å². The Balaban J connectivity index is 2.11. The largest absolute Gasteiger partial charge is 0.465 e. The Kier molecular flexibility index (Phi) is 4.06. The van der Waals surface area contributed by atoms with E-state index in [0.29, 0.717) is 18.6 Å². The van der Waals surface area contributed by atoms with Crippen molar-refractivity contribution in [3.8, 4) is 0 Å². The van der Waals surface area contributed by atoms with E-state index < -0.39 is 41.4 Å². The Bertz CT molecular complexity index is 571. The van der Waals surface area contributed by atoms with E-state index in [1.165, 1.54) is 0 Å². The fourth-order valence-electron chi connectivity index (χ4n) is 2.42. The minimum atomic E-state index is -1.61. The molecule has 0 unspecified atom stereocenters. The van der Waals surface area contributed by atoms with Crippen LogP contribution < -0.4 is 5.32 Å². The SMILES string of the molecule is C[C@H]1[C@@H](C(=O)Nc2cc(F)c(F)c(F)c2)CCN1C(=O)O. The van der Waals surface area contributed by atoms with Crippen LogP contribution in [0.25, 0.3) is 0 Å². The van der Waals surface area contributed by atoms with E-state index in [4.69, 9.17) is 5.11 Å². The summed E-state index contributed by atoms with van der Waals surface area (Å²) in [6, 6.07) is 0.799. The van der Waals surface area contributed by atoms with Gasteiger partial charge < -0.3 is 15.3 Å². The van der Waals surface area contributed by atoms with E-state index in [2.05, 4.69) is 5.32 Å². The number of carbonyl (C=O) groups excluding carboxylic acids is 1. The fourth-order valence-corrected chi connectivity index (χ4v) is 2.42. The second kappa shape index (κ2) is 5.63. The third kappa shape index (κ3) is 2.93. The highest BCUT2D eigenvalue weighted by Gasteiger charge is 2.38. The molecule has 0 spiro atoms. The third-order valence-corrected chi connectivity index (χ3v) is 3.59. The van der Waals surface area contributed by atoms with Crippen molar-refractivity contribution in [2.45, 2.75) is 19.4 Å². The molecule has 2 amide bonds. The van der Waals surface area contributed by atoms with Crippen molar-refractivity contribution >= 4 is 17.7 Å². The van der Waals surface area contributed by atoms with Crippen LogP contribution in [0, 0.1) is 23.4 Å². The van der Waals surface area contributed by atoms with Crippen molar-refractivity contribution in [1.29, 1.82) is 0 Å². The zero-order valence-corrected chi connectivity index (χ0v) is 11.1. The summed E-state index contributed by atoms with van der Waals surface area (Å²) in [6.45, 7) is 1.79. The molecule has 0 aromatic heterocycles. The van der Waals surface area contributed by atoms with Crippen molar-refractivity contribution in [3.63, 3.8) is 0 Å². The molecule has 1 heterocycles. The predicted molar refractivity (Wildman–Crippen MR) is 67.2 cm³/mol. The van der Waals surface area contributed by atoms with Crippen LogP contribution in [-0.2, 0) is 4.79 Å². The molecule has 1 saturated heterocycles. The lowest BCUT2D eigenvalue weighted by atomic mass is 10.0. The van der Waals surface area contributed by atoms with Gasteiger partial charge in [0.15, 0.2) is 17.5 Å². The number of likely N-dealkylation sites (tertiary alicyclic amines) is 1. The summed E-state index contributed by atoms with van der Waals surface area (Å²) in [5, 5.41) is 11.2. The van der Waals surface area contributed by atoms with E-state index in [-0.39, 0.29) is 12.2 Å². The Hall–Kier alpha value is -2.25. The summed E-state index contributed by atoms with van der Waals surface area (Å²) in [6.07, 6.45) is -0.817. The van der Waals surface area contributed by atoms with Crippen molar-refractivity contribution < 1.29 is 27.9 Å². The van der Waals surface area contributed by atoms with Gasteiger partial charge in [-0.15, -0.1) is 0 Å². The van der Waals surface area contributed by atoms with Crippen LogP contribution in [0.5, 0.6) is 0 Å². The number of nitrogens with zero attached hydrogens (tertiary/aromatic N) is 1. The highest BCUT2D eigenvalue weighted by atomic mass is 19.2. The normalized spacial score (nSPS) is 21.4. The highest BCUT2D eigenvalue weighted by molar-refractivity contribution is 5.93. The summed E-state index contributed by atoms with van der Waals surface area (Å²) in [7, 11) is 0. The molecule has 8 heteroatoms. The molecule has 1 aromatic carbocycles. The zero-order valence-electron chi connectivity index (χ0n) is 11.1. The minimum Gasteiger partial charge on any atom is -0.465 e. The predicted octanol–water partition coefficient (Wildman–Crippen LogP) is 2.43. The van der Waals surface area contributed by atoms with Gasteiger partial charge >= 0.3 is 6.09 Å². The first-order chi connectivity index (χ1) is 9.81. The van der Waals surface area contributed by atoms with Crippen LogP contribution in [0.3, 0.4) is 0 Å². The number of hydrogen-bond acceptors (Lipinski definition) is 2. The fraction of sp³-hybridized carbons (Fsp3) is 0.385. The number of nitrogens with one attached hydrogen (secondary N) is 1. The molecular weight excluding hydrogens is 289 g/mol. The topological polar surface area (TPSA) is 69.6 Å². The van der Waals surface area contributed by atoms with Crippen LogP contribution in [-0.4, -0.2) is 34.6 Å². The minimum absolute atomic E-state index is 0.209. The van der Waals surface area contributed by atoms with Gasteiger partial charge in [-0.25, -0.2) is 18.0 Å². The third-order valence-electron chi connectivity index (χ3n) is 3.59. The lowest BCUT2D eigenvalue weighted by molar-refractivity contribution is -0.120. The Morgan fingerprint density at radius 1 is 1.29 bits per heavy atom. The van der Waals surface area contributed by atoms with E-state index in [1.54, 1.807) is 6.92 Å². The van der Waals surface area contributed by atoms with Gasteiger partial charge in [0.2, 0.25) is 5.91 Å². The molecule has 0 bridgehead atoms. The number of anilines is 1. The van der Waals surface area contributed by atoms with Crippen LogP contribution in [0.15, 0.2) is 12.1 Å². The van der Waals surface area contributed by atoms with E-state index in [1.807, 2.05) is 0 Å². The summed E-state index contributed by atoms with van der Waals surface area (Å²) in [4.78, 5) is 24.1. The molecule has 1 aromatic rings. The average Bonchev–Trinajstić information content (AvgIpc) is 2.77. The molecule has 2 atom stereocenters. The first-order valence-electron chi connectivity index (χ1n) is 6.26. The quantitative estimate of drug-likeness (QED) is 0.824. The van der Waals surface area contributed by atoms with E-state index in [0.717, 1.165) is 4.90 Å². The standard InChI is InChI=1S/C13H13F3N2O3/c1-6-8(2-3-18(6)13(20)21)12(19)17-7-4-9(14)11(16)10(15)5-7/h4-6,8H,2-3H2,1H3,(H,17,19)(H,20,21)/t6-,8-/m0/s1. The lowest BCUT2D eigenvalue weighted by Crippen LogP contribution is -2.38. The Morgan fingerprint density at radius 3 is 2.33 bits per heavy atom. The number of benzene rings is 1. The number of amides is 2. The Labute approximate surface area is 118 Å². The number of carbonyl (C=O) groups is 2. The number of hydrogen-bond donors (Lipinski definition) is 2. The van der Waals surface area contributed by atoms with Gasteiger partial charge in [0.05, 0.1) is 5.92 Å². The summed E-state index contributed by atoms with van der Waals surface area (Å²) in [5.41, 5.74) is -0.211. The molecule has 1 aliphatic rings. The van der Waals surface area contributed by atoms with Gasteiger partial charge in [0.25, 0.3) is 0 Å². The average molecular weight is 302 g/mol. The summed E-state index contributed by atoms with van der Waals surface area (Å²) < 4.78 is 38.9. The number of rotatable bonds is 2. The van der Waals surface area contributed by atoms with Crippen LogP contribution in [0.4, 0.5) is 23.7 Å². The first-order valence-corrected chi connectivity index (χ1v) is 6.26. The van der Waals surface area contributed by atoms with Crippen LogP contribution >= 0.6 is 0 Å². The van der Waals surface area contributed by atoms with Gasteiger partial charge in [-0.1, -0.05) is 0 Å². The molecule has 114 valence electrons. The molecule has 21 heavy (non-hydrogen) atoms. The molecule has 0 saturated carbocycles. The first kappa shape index (κ1) is 15.1. The van der Waals surface area contributed by atoms with Gasteiger partial charge in [0, 0.05) is 30.4 Å².